The van der Waals surface area contributed by atoms with E-state index < -0.39 is 26.8 Å². The summed E-state index contributed by atoms with van der Waals surface area (Å²) in [4.78, 5) is 35.4. The van der Waals surface area contributed by atoms with Gasteiger partial charge in [-0.15, -0.1) is 0 Å². The molecular formula is C43H60ClN5O6S. The molecule has 0 aromatic heterocycles. The monoisotopic (exact) mass is 809 g/mol. The van der Waals surface area contributed by atoms with Crippen LogP contribution in [0.5, 0.6) is 5.75 Å². The minimum absolute atomic E-state index is 0.0405. The molecule has 4 heterocycles. The van der Waals surface area contributed by atoms with Crippen molar-refractivity contribution in [2.45, 2.75) is 82.6 Å². The van der Waals surface area contributed by atoms with Crippen LogP contribution in [0.2, 0.25) is 5.02 Å². The lowest BCUT2D eigenvalue weighted by atomic mass is 9.63. The van der Waals surface area contributed by atoms with Crippen molar-refractivity contribution in [2.75, 3.05) is 77.5 Å². The van der Waals surface area contributed by atoms with Crippen molar-refractivity contribution in [3.05, 3.63) is 70.3 Å². The number of fused-ring (bicyclic) bond motifs is 3. The molecule has 0 radical (unpaired) electrons. The summed E-state index contributed by atoms with van der Waals surface area (Å²) >= 11 is 6.50. The lowest BCUT2D eigenvalue weighted by molar-refractivity contribution is -0.134. The number of piperazine rings is 2. The van der Waals surface area contributed by atoms with Crippen molar-refractivity contribution >= 4 is 39.1 Å². The first-order valence-electron chi connectivity index (χ1n) is 20.6. The molecule has 306 valence electrons. The zero-order valence-electron chi connectivity index (χ0n) is 33.7. The number of nitrogens with zero attached hydrogens (tertiary/aromatic N) is 4. The maximum absolute atomic E-state index is 13.6. The van der Waals surface area contributed by atoms with Crippen LogP contribution in [0, 0.1) is 17.8 Å². The molecule has 7 rings (SSSR count). The number of ether oxygens (including phenoxy) is 2. The van der Waals surface area contributed by atoms with Gasteiger partial charge in [0.05, 0.1) is 17.5 Å². The topological polar surface area (TPSA) is 112 Å². The Bertz CT molecular complexity index is 1910. The number of benzene rings is 2. The van der Waals surface area contributed by atoms with Crippen molar-refractivity contribution in [2.24, 2.45) is 17.8 Å². The molecule has 56 heavy (non-hydrogen) atoms. The summed E-state index contributed by atoms with van der Waals surface area (Å²) in [5.41, 5.74) is 2.91. The third-order valence-electron chi connectivity index (χ3n) is 13.5. The predicted molar refractivity (Wildman–Crippen MR) is 221 cm³/mol. The number of rotatable bonds is 6. The highest BCUT2D eigenvalue weighted by Crippen LogP contribution is 2.47. The fourth-order valence-electron chi connectivity index (χ4n) is 9.81. The Morgan fingerprint density at radius 3 is 2.57 bits per heavy atom. The van der Waals surface area contributed by atoms with Gasteiger partial charge in [0.25, 0.3) is 5.91 Å². The van der Waals surface area contributed by atoms with Crippen molar-refractivity contribution in [1.82, 2.24) is 19.4 Å². The number of hydrogen-bond acceptors (Lipinski definition) is 9. The fourth-order valence-corrected chi connectivity index (χ4v) is 11.3. The van der Waals surface area contributed by atoms with Gasteiger partial charge in [0, 0.05) is 95.5 Å². The Hall–Kier alpha value is -3.16. The standard InChI is InChI=1S/C43H60ClN5O6S/c1-6-8-32-21-36(44)12-13-38(32)35-24-49-23-34-10-14-39(34)43(54-5,28-46-17-18-47-19-20-48(31(4)50)26-37(47)25-46)16-7-9-29(2)30(3)56(52,53)45-42(51)33-11-15-41(55-27-35)40(49)22-33/h7,11-13,15-16,21-22,29-30,34-35,37,39H,6,8-10,14,17-20,23-28H2,1-5H3,(H,45,51)/b16-7+/t29-,30+,34-,35-,37+,39+,43+/m0/s1. The van der Waals surface area contributed by atoms with Crippen LogP contribution in [-0.2, 0) is 26.0 Å². The van der Waals surface area contributed by atoms with Crippen molar-refractivity contribution in [3.8, 4) is 5.75 Å². The van der Waals surface area contributed by atoms with Gasteiger partial charge in [-0.2, -0.15) is 0 Å². The number of aryl methyl sites for hydroxylation is 1. The van der Waals surface area contributed by atoms with E-state index in [0.717, 1.165) is 82.2 Å². The molecule has 5 aliphatic rings. The number of methoxy groups -OCH3 is 1. The Kier molecular flexibility index (Phi) is 12.4. The Labute approximate surface area is 338 Å². The van der Waals surface area contributed by atoms with E-state index in [1.807, 2.05) is 37.1 Å². The maximum Gasteiger partial charge on any atom is 0.264 e. The van der Waals surface area contributed by atoms with Crippen LogP contribution in [0.1, 0.15) is 80.8 Å². The lowest BCUT2D eigenvalue weighted by Gasteiger charge is -2.53. The molecule has 2 amide bonds. The van der Waals surface area contributed by atoms with Crippen LogP contribution in [-0.4, -0.2) is 124 Å². The van der Waals surface area contributed by atoms with Crippen LogP contribution in [0.4, 0.5) is 5.69 Å². The number of amides is 2. The van der Waals surface area contributed by atoms with Crippen LogP contribution in [0.25, 0.3) is 0 Å². The van der Waals surface area contributed by atoms with Gasteiger partial charge in [-0.1, -0.05) is 50.1 Å². The molecule has 1 N–H and O–H groups in total. The number of carbonyl (C=O) groups is 2. The van der Waals surface area contributed by atoms with E-state index in [9.17, 15) is 18.0 Å². The zero-order valence-corrected chi connectivity index (χ0v) is 35.3. The van der Waals surface area contributed by atoms with Crippen LogP contribution in [0.3, 0.4) is 0 Å². The predicted octanol–water partition coefficient (Wildman–Crippen LogP) is 5.58. The number of nitrogens with one attached hydrogen (secondary N) is 1. The summed E-state index contributed by atoms with van der Waals surface area (Å²) in [7, 11) is -2.16. The maximum atomic E-state index is 13.6. The summed E-state index contributed by atoms with van der Waals surface area (Å²) in [5, 5.41) is -0.0872. The van der Waals surface area contributed by atoms with Crippen molar-refractivity contribution in [1.29, 1.82) is 0 Å². The van der Waals surface area contributed by atoms with Gasteiger partial charge in [-0.25, -0.2) is 13.1 Å². The summed E-state index contributed by atoms with van der Waals surface area (Å²) in [6.07, 6.45) is 8.81. The van der Waals surface area contributed by atoms with Gasteiger partial charge in [0.2, 0.25) is 15.9 Å². The lowest BCUT2D eigenvalue weighted by Crippen LogP contribution is -2.65. The largest absolute Gasteiger partial charge is 0.491 e. The van der Waals surface area contributed by atoms with Gasteiger partial charge in [-0.3, -0.25) is 19.4 Å². The van der Waals surface area contributed by atoms with Gasteiger partial charge >= 0.3 is 0 Å². The van der Waals surface area contributed by atoms with E-state index in [1.54, 1.807) is 19.9 Å². The molecule has 3 fully saturated rings. The third-order valence-corrected chi connectivity index (χ3v) is 15.7. The smallest absolute Gasteiger partial charge is 0.264 e. The molecule has 7 atom stereocenters. The van der Waals surface area contributed by atoms with E-state index in [4.69, 9.17) is 21.1 Å². The first kappa shape index (κ1) is 41.0. The first-order chi connectivity index (χ1) is 26.8. The quantitative estimate of drug-likeness (QED) is 0.374. The van der Waals surface area contributed by atoms with E-state index in [-0.39, 0.29) is 41.2 Å². The average molecular weight is 811 g/mol. The molecular weight excluding hydrogens is 750 g/mol. The Morgan fingerprint density at radius 2 is 1.84 bits per heavy atom. The zero-order chi connectivity index (χ0) is 39.8. The number of hydrogen-bond donors (Lipinski definition) is 1. The second-order valence-electron chi connectivity index (χ2n) is 17.0. The summed E-state index contributed by atoms with van der Waals surface area (Å²) in [5.74, 6) is 0.456. The Balaban J connectivity index is 1.25. The number of halogens is 1. The molecule has 0 spiro atoms. The minimum Gasteiger partial charge on any atom is -0.491 e. The van der Waals surface area contributed by atoms with E-state index in [0.29, 0.717) is 31.9 Å². The third kappa shape index (κ3) is 8.51. The van der Waals surface area contributed by atoms with E-state index >= 15 is 0 Å². The van der Waals surface area contributed by atoms with Crippen molar-refractivity contribution in [3.63, 3.8) is 0 Å². The van der Waals surface area contributed by atoms with Gasteiger partial charge < -0.3 is 19.3 Å². The number of sulfonamides is 1. The molecule has 2 aromatic rings. The molecule has 1 saturated carbocycles. The summed E-state index contributed by atoms with van der Waals surface area (Å²) in [6, 6.07) is 11.7. The minimum atomic E-state index is -3.98. The average Bonchev–Trinajstić information content (AvgIpc) is 3.34. The van der Waals surface area contributed by atoms with E-state index in [1.165, 1.54) is 11.1 Å². The fraction of sp³-hybridized carbons (Fsp3) is 0.628. The van der Waals surface area contributed by atoms with Crippen LogP contribution in [0.15, 0.2) is 48.6 Å². The van der Waals surface area contributed by atoms with Crippen LogP contribution < -0.4 is 14.4 Å². The highest BCUT2D eigenvalue weighted by molar-refractivity contribution is 7.90. The van der Waals surface area contributed by atoms with E-state index in [2.05, 4.69) is 50.6 Å². The second-order valence-corrected chi connectivity index (χ2v) is 19.5. The molecule has 4 aliphatic heterocycles. The van der Waals surface area contributed by atoms with Gasteiger partial charge in [0.1, 0.15) is 11.4 Å². The highest BCUT2D eigenvalue weighted by Gasteiger charge is 2.49. The number of anilines is 1. The molecule has 11 nitrogen and oxygen atoms in total. The Morgan fingerprint density at radius 1 is 1.04 bits per heavy atom. The molecule has 0 unspecified atom stereocenters. The van der Waals surface area contributed by atoms with Gasteiger partial charge in [-0.05, 0) is 91.8 Å². The summed E-state index contributed by atoms with van der Waals surface area (Å²) in [6.45, 7) is 15.1. The molecule has 13 heteroatoms. The normalized spacial score (nSPS) is 31.9. The number of allylic oxidation sites excluding steroid dienone is 1. The van der Waals surface area contributed by atoms with Gasteiger partial charge in [0.15, 0.2) is 0 Å². The highest BCUT2D eigenvalue weighted by atomic mass is 35.5. The van der Waals surface area contributed by atoms with Crippen molar-refractivity contribution < 1.29 is 27.5 Å². The molecule has 1 aliphatic carbocycles. The molecule has 2 saturated heterocycles. The number of carbonyl (C=O) groups excluding carboxylic acids is 2. The van der Waals surface area contributed by atoms with Crippen LogP contribution >= 0.6 is 11.6 Å². The summed E-state index contributed by atoms with van der Waals surface area (Å²) < 4.78 is 43.0. The molecule has 2 aromatic carbocycles. The SMILES string of the molecule is CCCc1cc(Cl)ccc1[C@@H]1COc2ccc3cc2N(C1)C[C@@H]1CC[C@H]1[C@@](CN1CCN2CCN(C(C)=O)C[C@H]2C1)(OC)/C=C/C[C@H](C)[C@@H](C)S(=O)(=O)NC3=O. The molecule has 2 bridgehead atoms. The second kappa shape index (κ2) is 17.0. The first-order valence-corrected chi connectivity index (χ1v) is 22.5.